The zero-order valence-corrected chi connectivity index (χ0v) is 19.8. The number of nitrogens with zero attached hydrogens (tertiary/aromatic N) is 2. The van der Waals surface area contributed by atoms with Gasteiger partial charge in [0.25, 0.3) is 0 Å². The number of carboxylic acid groups (broad SMARTS) is 2. The summed E-state index contributed by atoms with van der Waals surface area (Å²) in [4.78, 5) is 21.6. The predicted molar refractivity (Wildman–Crippen MR) is 130 cm³/mol. The van der Waals surface area contributed by atoms with Gasteiger partial charge in [0, 0.05) is 24.1 Å². The van der Waals surface area contributed by atoms with Crippen molar-refractivity contribution in [1.82, 2.24) is 10.1 Å². The van der Waals surface area contributed by atoms with E-state index in [0.717, 1.165) is 37.1 Å². The van der Waals surface area contributed by atoms with Gasteiger partial charge in [0.1, 0.15) is 0 Å². The molecule has 1 aliphatic rings. The Bertz CT molecular complexity index is 1130. The van der Waals surface area contributed by atoms with E-state index in [4.69, 9.17) is 24.2 Å². The van der Waals surface area contributed by atoms with Gasteiger partial charge in [0.15, 0.2) is 5.75 Å². The van der Waals surface area contributed by atoms with Crippen molar-refractivity contribution >= 4 is 22.9 Å². The van der Waals surface area contributed by atoms with Gasteiger partial charge < -0.3 is 24.2 Å². The Morgan fingerprint density at radius 3 is 2.26 bits per heavy atom. The molecular formula is C26H30N2O7. The van der Waals surface area contributed by atoms with Crippen LogP contribution >= 0.6 is 0 Å². The number of aliphatic carboxylic acids is 2. The number of benzene rings is 2. The molecule has 0 saturated carbocycles. The number of carbonyl (C=O) groups is 2. The first kappa shape index (κ1) is 25.8. The number of methoxy groups -OCH3 is 2. The van der Waals surface area contributed by atoms with Gasteiger partial charge in [-0.25, -0.2) is 9.59 Å². The average molecular weight is 483 g/mol. The first-order valence-corrected chi connectivity index (χ1v) is 11.3. The van der Waals surface area contributed by atoms with E-state index in [0.29, 0.717) is 35.2 Å². The highest BCUT2D eigenvalue weighted by atomic mass is 16.5. The summed E-state index contributed by atoms with van der Waals surface area (Å²) in [6.07, 6.45) is 4.44. The minimum atomic E-state index is -1.26. The van der Waals surface area contributed by atoms with Crippen LogP contribution in [0, 0.1) is 5.92 Å². The highest BCUT2D eigenvalue weighted by Crippen LogP contribution is 2.37. The molecule has 1 saturated heterocycles. The molecule has 2 heterocycles. The van der Waals surface area contributed by atoms with Crippen LogP contribution in [0.1, 0.15) is 24.1 Å². The highest BCUT2D eigenvalue weighted by Gasteiger charge is 2.23. The summed E-state index contributed by atoms with van der Waals surface area (Å²) in [5, 5.41) is 21.0. The number of likely N-dealkylation sites (tertiary alicyclic amines) is 1. The first-order valence-electron chi connectivity index (χ1n) is 11.3. The molecule has 1 fully saturated rings. The summed E-state index contributed by atoms with van der Waals surface area (Å²) < 4.78 is 16.4. The average Bonchev–Trinajstić information content (AvgIpc) is 3.27. The Hall–Kier alpha value is -3.85. The van der Waals surface area contributed by atoms with Gasteiger partial charge in [-0.1, -0.05) is 35.5 Å². The van der Waals surface area contributed by atoms with E-state index >= 15 is 0 Å². The molecule has 2 N–H and O–H groups in total. The molecule has 9 heteroatoms. The van der Waals surface area contributed by atoms with E-state index in [9.17, 15) is 9.59 Å². The molecule has 3 aromatic rings. The summed E-state index contributed by atoms with van der Waals surface area (Å²) >= 11 is 0. The second kappa shape index (κ2) is 12.6. The normalized spacial score (nSPS) is 14.5. The van der Waals surface area contributed by atoms with Crippen LogP contribution in [0.4, 0.5) is 0 Å². The van der Waals surface area contributed by atoms with Crippen LogP contribution in [-0.4, -0.2) is 59.5 Å². The van der Waals surface area contributed by atoms with Crippen molar-refractivity contribution in [2.45, 2.75) is 25.8 Å². The maximum absolute atomic E-state index is 9.55. The lowest BCUT2D eigenvalue weighted by molar-refractivity contribution is -0.134. The third kappa shape index (κ3) is 7.31. The lowest BCUT2D eigenvalue weighted by Gasteiger charge is -2.31. The standard InChI is InChI=1S/C22H26N2O3.C4H4O4/c1-25-20-9-8-18-19(23-27-21(18)22(20)26-2)14-16-10-12-24(13-11-16)15-17-6-4-3-5-7-17;5-3(6)1-2-4(7)8/h3-9,16H,10-15H2,1-2H3;1-2H,(H,5,6)(H,7,8)/b;2-1+. The molecule has 9 nitrogen and oxygen atoms in total. The van der Waals surface area contributed by atoms with E-state index in [1.807, 2.05) is 12.1 Å². The summed E-state index contributed by atoms with van der Waals surface area (Å²) in [6.45, 7) is 3.30. The molecule has 0 atom stereocenters. The van der Waals surface area contributed by atoms with Crippen LogP contribution in [-0.2, 0) is 22.6 Å². The number of hydrogen-bond acceptors (Lipinski definition) is 7. The molecule has 0 amide bonds. The van der Waals surface area contributed by atoms with Crippen molar-refractivity contribution in [1.29, 1.82) is 0 Å². The Morgan fingerprint density at radius 2 is 1.69 bits per heavy atom. The molecule has 35 heavy (non-hydrogen) atoms. The fourth-order valence-corrected chi connectivity index (χ4v) is 4.12. The van der Waals surface area contributed by atoms with Crippen LogP contribution in [0.3, 0.4) is 0 Å². The largest absolute Gasteiger partial charge is 0.493 e. The van der Waals surface area contributed by atoms with E-state index < -0.39 is 11.9 Å². The minimum absolute atomic E-state index is 0.558. The Balaban J connectivity index is 0.000000371. The summed E-state index contributed by atoms with van der Waals surface area (Å²) in [7, 11) is 3.26. The molecule has 0 unspecified atom stereocenters. The van der Waals surface area contributed by atoms with Crippen molar-refractivity contribution in [2.75, 3.05) is 27.3 Å². The topological polar surface area (TPSA) is 122 Å². The third-order valence-electron chi connectivity index (χ3n) is 5.86. The van der Waals surface area contributed by atoms with Crippen LogP contribution in [0.25, 0.3) is 11.0 Å². The number of rotatable bonds is 8. The van der Waals surface area contributed by atoms with Crippen molar-refractivity contribution in [3.63, 3.8) is 0 Å². The highest BCUT2D eigenvalue weighted by molar-refractivity contribution is 5.89. The van der Waals surface area contributed by atoms with Crippen LogP contribution in [0.2, 0.25) is 0 Å². The molecule has 0 radical (unpaired) electrons. The van der Waals surface area contributed by atoms with Crippen molar-refractivity contribution < 1.29 is 33.8 Å². The van der Waals surface area contributed by atoms with E-state index in [1.165, 1.54) is 18.4 Å². The second-order valence-corrected chi connectivity index (χ2v) is 8.23. The van der Waals surface area contributed by atoms with Gasteiger partial charge in [-0.3, -0.25) is 4.90 Å². The Morgan fingerprint density at radius 1 is 1.03 bits per heavy atom. The fourth-order valence-electron chi connectivity index (χ4n) is 4.12. The Kier molecular flexibility index (Phi) is 9.25. The van der Waals surface area contributed by atoms with E-state index in [-0.39, 0.29) is 0 Å². The van der Waals surface area contributed by atoms with Crippen molar-refractivity contribution in [2.24, 2.45) is 5.92 Å². The SMILES string of the molecule is COc1ccc2c(CC3CCN(Cc4ccccc4)CC3)noc2c1OC.O=C(O)/C=C/C(=O)O. The summed E-state index contributed by atoms with van der Waals surface area (Å²) in [5.74, 6) is -0.591. The molecule has 2 aromatic carbocycles. The lowest BCUT2D eigenvalue weighted by Crippen LogP contribution is -2.33. The summed E-state index contributed by atoms with van der Waals surface area (Å²) in [5.41, 5.74) is 3.08. The molecule has 0 spiro atoms. The minimum Gasteiger partial charge on any atom is -0.493 e. The predicted octanol–water partition coefficient (Wildman–Crippen LogP) is 4.01. The van der Waals surface area contributed by atoms with Crippen molar-refractivity contribution in [3.05, 3.63) is 65.9 Å². The number of ether oxygens (including phenoxy) is 2. The van der Waals surface area contributed by atoms with Gasteiger partial charge in [-0.2, -0.15) is 0 Å². The van der Waals surface area contributed by atoms with Gasteiger partial charge >= 0.3 is 11.9 Å². The second-order valence-electron chi connectivity index (χ2n) is 8.23. The first-order chi connectivity index (χ1) is 16.9. The molecular weight excluding hydrogens is 452 g/mol. The van der Waals surface area contributed by atoms with Gasteiger partial charge in [-0.05, 0) is 56.0 Å². The molecule has 4 rings (SSSR count). The number of fused-ring (bicyclic) bond motifs is 1. The molecule has 186 valence electrons. The van der Waals surface area contributed by atoms with Gasteiger partial charge in [-0.15, -0.1) is 0 Å². The Labute approximate surface area is 203 Å². The molecule has 0 aliphatic carbocycles. The maximum Gasteiger partial charge on any atom is 0.328 e. The van der Waals surface area contributed by atoms with E-state index in [1.54, 1.807) is 14.2 Å². The zero-order chi connectivity index (χ0) is 25.2. The quantitative estimate of drug-likeness (QED) is 0.459. The van der Waals surface area contributed by atoms with E-state index in [2.05, 4.69) is 40.4 Å². The van der Waals surface area contributed by atoms with Gasteiger partial charge in [0.05, 0.1) is 19.9 Å². The fraction of sp³-hybridized carbons (Fsp3) is 0.346. The van der Waals surface area contributed by atoms with Crippen LogP contribution < -0.4 is 9.47 Å². The number of carboxylic acids is 2. The number of piperidine rings is 1. The molecule has 0 bridgehead atoms. The van der Waals surface area contributed by atoms with Gasteiger partial charge in [0.2, 0.25) is 11.3 Å². The summed E-state index contributed by atoms with van der Waals surface area (Å²) in [6, 6.07) is 14.6. The molecule has 1 aromatic heterocycles. The zero-order valence-electron chi connectivity index (χ0n) is 19.8. The maximum atomic E-state index is 9.55. The van der Waals surface area contributed by atoms with Crippen LogP contribution in [0.5, 0.6) is 11.5 Å². The molecule has 1 aliphatic heterocycles. The smallest absolute Gasteiger partial charge is 0.328 e. The van der Waals surface area contributed by atoms with Crippen LogP contribution in [0.15, 0.2) is 59.1 Å². The monoisotopic (exact) mass is 482 g/mol. The number of hydrogen-bond donors (Lipinski definition) is 2. The number of aromatic nitrogens is 1. The lowest BCUT2D eigenvalue weighted by atomic mass is 9.91. The third-order valence-corrected chi connectivity index (χ3v) is 5.86. The van der Waals surface area contributed by atoms with Crippen molar-refractivity contribution in [3.8, 4) is 11.5 Å².